The van der Waals surface area contributed by atoms with E-state index in [4.69, 9.17) is 0 Å². The lowest BCUT2D eigenvalue weighted by atomic mass is 9.98. The zero-order valence-corrected chi connectivity index (χ0v) is 46.8. The number of rotatable bonds is 16. The Bertz CT molecular complexity index is 2790. The number of anilines is 2. The Balaban J connectivity index is 0.877. The van der Waals surface area contributed by atoms with Crippen LogP contribution in [0.25, 0.3) is 0 Å². The molecule has 4 aliphatic heterocycles. The number of nitrogens with zero attached hydrogens (tertiary/aromatic N) is 4. The van der Waals surface area contributed by atoms with Gasteiger partial charge in [0.1, 0.15) is 24.2 Å². The van der Waals surface area contributed by atoms with Gasteiger partial charge in [-0.05, 0) is 107 Å². The minimum atomic E-state index is -1.19. The molecule has 0 aromatic heterocycles. The maximum Gasteiger partial charge on any atom is 0.321 e. The summed E-state index contributed by atoms with van der Waals surface area (Å²) in [5, 5.41) is 23.8. The summed E-state index contributed by atoms with van der Waals surface area (Å²) in [7, 11) is 3.25. The van der Waals surface area contributed by atoms with E-state index < -0.39 is 96.1 Å². The van der Waals surface area contributed by atoms with Gasteiger partial charge in [0.25, 0.3) is 0 Å². The highest BCUT2D eigenvalue weighted by atomic mass is 16.2. The Morgan fingerprint density at radius 1 is 0.451 bits per heavy atom. The highest BCUT2D eigenvalue weighted by Gasteiger charge is 2.48. The lowest BCUT2D eigenvalue weighted by Crippen LogP contribution is -2.62. The van der Waals surface area contributed by atoms with Crippen LogP contribution < -0.4 is 42.5 Å². The lowest BCUT2D eigenvalue weighted by Gasteiger charge is -2.39. The van der Waals surface area contributed by atoms with Gasteiger partial charge in [-0.3, -0.25) is 28.8 Å². The SMILES string of the molecule is CN[C@@H](C)C(=O)N[C@H]1CN(C(=O)Nc2cccc(NC(=O)N3CC[C@H]4CC[C@@H](C(=O)NC(c5ccccc5)c5ccccc5)N4C(=O)[C@@H](NC(=O)[C@H](C)NC)C3)c2)CC[C@H]2CCC(C(=O)NC(c3ccccc3)c3ccccc3)N2C1=O. The molecule has 8 N–H and O–H groups in total. The molecule has 1 unspecified atom stereocenters. The Hall–Kier alpha value is -8.62. The largest absolute Gasteiger partial charge is 0.343 e. The molecule has 5 aromatic rings. The van der Waals surface area contributed by atoms with Gasteiger partial charge in [-0.1, -0.05) is 127 Å². The smallest absolute Gasteiger partial charge is 0.321 e. The molecule has 0 spiro atoms. The molecule has 0 radical (unpaired) electrons. The van der Waals surface area contributed by atoms with Crippen molar-refractivity contribution in [2.45, 2.75) is 113 Å². The first-order valence-electron chi connectivity index (χ1n) is 28.3. The molecule has 430 valence electrons. The molecule has 4 saturated heterocycles. The van der Waals surface area contributed by atoms with Crippen LogP contribution in [0.3, 0.4) is 0 Å². The van der Waals surface area contributed by atoms with Crippen molar-refractivity contribution in [3.63, 3.8) is 0 Å². The molecule has 0 saturated carbocycles. The molecule has 0 aliphatic carbocycles. The van der Waals surface area contributed by atoms with E-state index in [1.54, 1.807) is 62.0 Å². The third-order valence-corrected chi connectivity index (χ3v) is 16.3. The average molecular weight is 1120 g/mol. The van der Waals surface area contributed by atoms with Crippen molar-refractivity contribution in [2.24, 2.45) is 0 Å². The fourth-order valence-corrected chi connectivity index (χ4v) is 11.6. The van der Waals surface area contributed by atoms with Gasteiger partial charge in [-0.15, -0.1) is 0 Å². The normalized spacial score (nSPS) is 21.6. The van der Waals surface area contributed by atoms with Gasteiger partial charge < -0.3 is 62.1 Å². The van der Waals surface area contributed by atoms with E-state index >= 15 is 0 Å². The summed E-state index contributed by atoms with van der Waals surface area (Å²) < 4.78 is 0. The van der Waals surface area contributed by atoms with E-state index in [9.17, 15) is 38.4 Å². The number of hydrogen-bond donors (Lipinski definition) is 8. The van der Waals surface area contributed by atoms with Crippen LogP contribution in [0.4, 0.5) is 21.0 Å². The van der Waals surface area contributed by atoms with Crippen LogP contribution in [-0.4, -0.2) is 156 Å². The third-order valence-electron chi connectivity index (χ3n) is 16.3. The molecule has 4 heterocycles. The van der Waals surface area contributed by atoms with Gasteiger partial charge in [-0.2, -0.15) is 0 Å². The van der Waals surface area contributed by atoms with Crippen LogP contribution in [-0.2, 0) is 28.8 Å². The standard InChI is InChI=1S/C62H74N12O8/c1-39(63-3)55(75)67-49-37-71(34-32-47-28-30-51(73(47)59(49)79)57(77)69-53(41-18-9-5-10-19-41)42-20-11-6-12-21-42)61(81)65-45-26-17-27-46(36-45)66-62(82)72-35-33-48-29-31-52(74(48)60(80)50(38-72)68-56(76)40(2)64-4)58(78)70-54(43-22-13-7-14-23-43)44-24-15-8-16-25-44/h5-27,36,39-40,47-54,63-64H,28-35,37-38H2,1-4H3,(H,65,81)(H,66,82)(H,67,75)(H,68,76)(H,69,77)(H,70,78)/t39-,40-,47+,48+,49-,50-,51-,52?/m0/s1. The number of nitrogens with one attached hydrogen (secondary N) is 8. The summed E-state index contributed by atoms with van der Waals surface area (Å²) in [5.41, 5.74) is 4.18. The van der Waals surface area contributed by atoms with Crippen LogP contribution in [0.5, 0.6) is 0 Å². The Labute approximate surface area is 478 Å². The van der Waals surface area contributed by atoms with E-state index in [-0.39, 0.29) is 38.0 Å². The van der Waals surface area contributed by atoms with E-state index in [0.717, 1.165) is 22.3 Å². The Kier molecular flexibility index (Phi) is 18.9. The molecule has 8 atom stereocenters. The maximum atomic E-state index is 14.8. The first-order valence-corrected chi connectivity index (χ1v) is 28.3. The van der Waals surface area contributed by atoms with E-state index in [1.807, 2.05) is 121 Å². The number of carbonyl (C=O) groups is 8. The molecule has 4 fully saturated rings. The average Bonchev–Trinajstić information content (AvgIpc) is 4.06. The Morgan fingerprint density at radius 3 is 1.12 bits per heavy atom. The summed E-state index contributed by atoms with van der Waals surface area (Å²) in [6, 6.07) is 36.8. The number of carbonyl (C=O) groups excluding carboxylic acids is 8. The van der Waals surface area contributed by atoms with Crippen molar-refractivity contribution in [1.82, 2.24) is 51.5 Å². The second-order valence-electron chi connectivity index (χ2n) is 21.6. The van der Waals surface area contributed by atoms with Crippen LogP contribution >= 0.6 is 0 Å². The van der Waals surface area contributed by atoms with Crippen molar-refractivity contribution in [3.8, 4) is 0 Å². The quantitative estimate of drug-likeness (QED) is 0.0666. The summed E-state index contributed by atoms with van der Waals surface area (Å²) in [6.45, 7) is 3.32. The highest BCUT2D eigenvalue weighted by molar-refractivity contribution is 5.98. The van der Waals surface area contributed by atoms with Gasteiger partial charge >= 0.3 is 12.1 Å². The lowest BCUT2D eigenvalue weighted by molar-refractivity contribution is -0.144. The number of benzene rings is 5. The minimum Gasteiger partial charge on any atom is -0.343 e. The van der Waals surface area contributed by atoms with E-state index in [0.29, 0.717) is 49.9 Å². The van der Waals surface area contributed by atoms with Crippen molar-refractivity contribution < 1.29 is 38.4 Å². The van der Waals surface area contributed by atoms with Crippen molar-refractivity contribution in [2.75, 3.05) is 50.9 Å². The summed E-state index contributed by atoms with van der Waals surface area (Å²) in [5.74, 6) is -2.48. The summed E-state index contributed by atoms with van der Waals surface area (Å²) in [4.78, 5) is 120. The van der Waals surface area contributed by atoms with Gasteiger partial charge in [0, 0.05) is 36.5 Å². The molecule has 82 heavy (non-hydrogen) atoms. The van der Waals surface area contributed by atoms with Crippen molar-refractivity contribution in [3.05, 3.63) is 168 Å². The number of likely N-dealkylation sites (N-methyl/N-ethyl adjacent to an activating group) is 2. The third kappa shape index (κ3) is 13.6. The molecular formula is C62H74N12O8. The van der Waals surface area contributed by atoms with Crippen LogP contribution in [0, 0.1) is 0 Å². The van der Waals surface area contributed by atoms with E-state index in [1.165, 1.54) is 9.80 Å². The van der Waals surface area contributed by atoms with Crippen molar-refractivity contribution >= 4 is 58.9 Å². The van der Waals surface area contributed by atoms with Crippen molar-refractivity contribution in [1.29, 1.82) is 0 Å². The maximum absolute atomic E-state index is 14.8. The number of amides is 10. The van der Waals surface area contributed by atoms with E-state index in [2.05, 4.69) is 42.5 Å². The predicted octanol–water partition coefficient (Wildman–Crippen LogP) is 4.88. The zero-order chi connectivity index (χ0) is 57.9. The molecule has 20 nitrogen and oxygen atoms in total. The molecular weight excluding hydrogens is 1040 g/mol. The zero-order valence-electron chi connectivity index (χ0n) is 46.8. The van der Waals surface area contributed by atoms with Crippen LogP contribution in [0.2, 0.25) is 0 Å². The van der Waals surface area contributed by atoms with Gasteiger partial charge in [0.15, 0.2) is 0 Å². The van der Waals surface area contributed by atoms with Gasteiger partial charge in [-0.25, -0.2) is 9.59 Å². The number of fused-ring (bicyclic) bond motifs is 2. The predicted molar refractivity (Wildman–Crippen MR) is 311 cm³/mol. The molecule has 5 aromatic carbocycles. The molecule has 20 heteroatoms. The molecule has 10 amide bonds. The molecule has 4 aliphatic rings. The topological polar surface area (TPSA) is 246 Å². The number of urea groups is 2. The van der Waals surface area contributed by atoms with Crippen LogP contribution in [0.1, 0.15) is 86.7 Å². The summed E-state index contributed by atoms with van der Waals surface area (Å²) >= 11 is 0. The van der Waals surface area contributed by atoms with Crippen LogP contribution in [0.15, 0.2) is 146 Å². The first-order chi connectivity index (χ1) is 39.7. The minimum absolute atomic E-state index is 0.193. The highest BCUT2D eigenvalue weighted by Crippen LogP contribution is 2.34. The summed E-state index contributed by atoms with van der Waals surface area (Å²) in [6.07, 6.45) is 2.53. The second-order valence-corrected chi connectivity index (χ2v) is 21.6. The Morgan fingerprint density at radius 2 is 0.793 bits per heavy atom. The first kappa shape index (κ1) is 58.0. The fraction of sp³-hybridized carbons (Fsp3) is 0.387. The van der Waals surface area contributed by atoms with Gasteiger partial charge in [0.05, 0.1) is 37.3 Å². The molecule has 9 rings (SSSR count). The molecule has 0 bridgehead atoms. The fourth-order valence-electron chi connectivity index (χ4n) is 11.6. The number of hydrogen-bond acceptors (Lipinski definition) is 10. The van der Waals surface area contributed by atoms with Gasteiger partial charge in [0.2, 0.25) is 35.4 Å². The second kappa shape index (κ2) is 26.8. The monoisotopic (exact) mass is 1110 g/mol.